The Morgan fingerprint density at radius 3 is 2.80 bits per heavy atom. The fourth-order valence-electron chi connectivity index (χ4n) is 2.35. The van der Waals surface area contributed by atoms with Crippen LogP contribution in [0.5, 0.6) is 0 Å². The Morgan fingerprint density at radius 1 is 1.40 bits per heavy atom. The third-order valence-electron chi connectivity index (χ3n) is 2.99. The molecule has 1 heterocycles. The van der Waals surface area contributed by atoms with E-state index in [0.717, 1.165) is 43.4 Å². The van der Waals surface area contributed by atoms with Gasteiger partial charge in [-0.05, 0) is 36.8 Å². The minimum atomic E-state index is -0.207. The summed E-state index contributed by atoms with van der Waals surface area (Å²) in [5, 5.41) is 8.93. The monoisotopic (exact) mass is 202 g/mol. The summed E-state index contributed by atoms with van der Waals surface area (Å²) in [5.41, 5.74) is 3.41. The van der Waals surface area contributed by atoms with E-state index in [1.807, 2.05) is 6.07 Å². The zero-order valence-corrected chi connectivity index (χ0v) is 8.89. The second-order valence-corrected chi connectivity index (χ2v) is 3.98. The first kappa shape index (κ1) is 9.97. The molecule has 0 fully saturated rings. The van der Waals surface area contributed by atoms with Crippen LogP contribution in [0.2, 0.25) is 0 Å². The first-order valence-corrected chi connectivity index (χ1v) is 5.45. The Morgan fingerprint density at radius 2 is 2.13 bits per heavy atom. The Hall–Kier alpha value is -1.56. The van der Waals surface area contributed by atoms with Crippen molar-refractivity contribution in [2.75, 3.05) is 0 Å². The summed E-state index contributed by atoms with van der Waals surface area (Å²) in [5.74, 6) is 0. The minimum Gasteiger partial charge on any atom is -0.325 e. The van der Waals surface area contributed by atoms with Crippen molar-refractivity contribution in [1.82, 2.24) is 4.98 Å². The highest BCUT2D eigenvalue weighted by Gasteiger charge is 2.20. The van der Waals surface area contributed by atoms with Crippen LogP contribution in [0.3, 0.4) is 0 Å². The van der Waals surface area contributed by atoms with Crippen molar-refractivity contribution in [1.29, 1.82) is 5.26 Å². The Kier molecular flexibility index (Phi) is 2.59. The average molecular weight is 202 g/mol. The number of nitriles is 1. The van der Waals surface area contributed by atoms with E-state index < -0.39 is 0 Å². The lowest BCUT2D eigenvalue weighted by Gasteiger charge is -2.07. The molecule has 3 nitrogen and oxygen atoms in total. The molecule has 0 bridgehead atoms. The van der Waals surface area contributed by atoms with Gasteiger partial charge in [0, 0.05) is 5.69 Å². The molecule has 3 heteroatoms. The summed E-state index contributed by atoms with van der Waals surface area (Å²) >= 11 is 0. The van der Waals surface area contributed by atoms with E-state index in [-0.39, 0.29) is 5.56 Å². The third kappa shape index (κ3) is 1.56. The SMILES string of the molecule is CCCc1[nH]c(=O)c(C#N)c2c1CCC2. The van der Waals surface area contributed by atoms with Crippen LogP contribution < -0.4 is 5.56 Å². The van der Waals surface area contributed by atoms with Crippen molar-refractivity contribution < 1.29 is 0 Å². The first-order chi connectivity index (χ1) is 7.27. The number of fused-ring (bicyclic) bond motifs is 1. The largest absolute Gasteiger partial charge is 0.325 e. The van der Waals surface area contributed by atoms with Gasteiger partial charge in [-0.25, -0.2) is 0 Å². The van der Waals surface area contributed by atoms with Gasteiger partial charge >= 0.3 is 0 Å². The van der Waals surface area contributed by atoms with Gasteiger partial charge in [0.25, 0.3) is 5.56 Å². The van der Waals surface area contributed by atoms with Crippen LogP contribution in [0.25, 0.3) is 0 Å². The number of aromatic nitrogens is 1. The molecule has 0 saturated carbocycles. The molecule has 0 unspecified atom stereocenters. The van der Waals surface area contributed by atoms with Gasteiger partial charge in [0.2, 0.25) is 0 Å². The zero-order chi connectivity index (χ0) is 10.8. The normalized spacial score (nSPS) is 13.6. The molecule has 0 saturated heterocycles. The topological polar surface area (TPSA) is 56.6 Å². The quantitative estimate of drug-likeness (QED) is 0.793. The van der Waals surface area contributed by atoms with Crippen LogP contribution in [0.1, 0.15) is 42.1 Å². The van der Waals surface area contributed by atoms with Crippen molar-refractivity contribution >= 4 is 0 Å². The van der Waals surface area contributed by atoms with Crippen LogP contribution in [0, 0.1) is 11.3 Å². The van der Waals surface area contributed by atoms with Crippen molar-refractivity contribution in [3.63, 3.8) is 0 Å². The van der Waals surface area contributed by atoms with E-state index in [9.17, 15) is 4.79 Å². The van der Waals surface area contributed by atoms with Crippen molar-refractivity contribution in [3.8, 4) is 6.07 Å². The Labute approximate surface area is 88.8 Å². The number of nitrogens with zero attached hydrogens (tertiary/aromatic N) is 1. The maximum absolute atomic E-state index is 11.6. The summed E-state index contributed by atoms with van der Waals surface area (Å²) in [6.45, 7) is 2.10. The van der Waals surface area contributed by atoms with Crippen LogP contribution in [-0.2, 0) is 19.3 Å². The number of hydrogen-bond donors (Lipinski definition) is 1. The molecular formula is C12H14N2O. The average Bonchev–Trinajstić information content (AvgIpc) is 2.67. The number of pyridine rings is 1. The standard InChI is InChI=1S/C12H14N2O/c1-2-4-11-9-6-3-5-8(9)10(7-13)12(15)14-11/h2-6H2,1H3,(H,14,15). The molecule has 1 aliphatic rings. The predicted octanol–water partition coefficient (Wildman–Crippen LogP) is 1.69. The predicted molar refractivity (Wildman–Crippen MR) is 57.8 cm³/mol. The number of hydrogen-bond acceptors (Lipinski definition) is 2. The summed E-state index contributed by atoms with van der Waals surface area (Å²) in [7, 11) is 0. The maximum atomic E-state index is 11.6. The molecule has 15 heavy (non-hydrogen) atoms. The van der Waals surface area contributed by atoms with E-state index in [0.29, 0.717) is 5.56 Å². The number of H-pyrrole nitrogens is 1. The van der Waals surface area contributed by atoms with E-state index in [1.165, 1.54) is 5.56 Å². The van der Waals surface area contributed by atoms with Crippen LogP contribution >= 0.6 is 0 Å². The highest BCUT2D eigenvalue weighted by Crippen LogP contribution is 2.25. The smallest absolute Gasteiger partial charge is 0.266 e. The fourth-order valence-corrected chi connectivity index (χ4v) is 2.35. The molecule has 0 spiro atoms. The van der Waals surface area contributed by atoms with Gasteiger partial charge in [0.15, 0.2) is 0 Å². The second kappa shape index (κ2) is 3.90. The molecule has 1 aromatic rings. The van der Waals surface area contributed by atoms with Gasteiger partial charge in [0.05, 0.1) is 0 Å². The van der Waals surface area contributed by atoms with Crippen LogP contribution in [-0.4, -0.2) is 4.98 Å². The lowest BCUT2D eigenvalue weighted by atomic mass is 10.0. The molecule has 0 aliphatic heterocycles. The number of aromatic amines is 1. The van der Waals surface area contributed by atoms with Crippen molar-refractivity contribution in [2.45, 2.75) is 39.0 Å². The molecule has 2 rings (SSSR count). The number of rotatable bonds is 2. The Balaban J connectivity index is 2.64. The summed E-state index contributed by atoms with van der Waals surface area (Å²) in [4.78, 5) is 14.5. The molecule has 0 atom stereocenters. The highest BCUT2D eigenvalue weighted by atomic mass is 16.1. The third-order valence-corrected chi connectivity index (χ3v) is 2.99. The van der Waals surface area contributed by atoms with E-state index >= 15 is 0 Å². The van der Waals surface area contributed by atoms with Crippen LogP contribution in [0.15, 0.2) is 4.79 Å². The molecule has 1 aromatic heterocycles. The second-order valence-electron chi connectivity index (χ2n) is 3.98. The van der Waals surface area contributed by atoms with Gasteiger partial charge < -0.3 is 4.98 Å². The first-order valence-electron chi connectivity index (χ1n) is 5.45. The number of aryl methyl sites for hydroxylation is 1. The highest BCUT2D eigenvalue weighted by molar-refractivity contribution is 5.45. The number of nitrogens with one attached hydrogen (secondary N) is 1. The summed E-state index contributed by atoms with van der Waals surface area (Å²) < 4.78 is 0. The fraction of sp³-hybridized carbons (Fsp3) is 0.500. The van der Waals surface area contributed by atoms with E-state index in [4.69, 9.17) is 5.26 Å². The summed E-state index contributed by atoms with van der Waals surface area (Å²) in [6, 6.07) is 2.02. The molecule has 1 N–H and O–H groups in total. The molecule has 0 aromatic carbocycles. The van der Waals surface area contributed by atoms with Crippen molar-refractivity contribution in [3.05, 3.63) is 32.7 Å². The minimum absolute atomic E-state index is 0.207. The lowest BCUT2D eigenvalue weighted by molar-refractivity contribution is 0.844. The lowest BCUT2D eigenvalue weighted by Crippen LogP contribution is -2.17. The molecule has 1 aliphatic carbocycles. The molecular weight excluding hydrogens is 188 g/mol. The van der Waals surface area contributed by atoms with Gasteiger partial charge in [-0.2, -0.15) is 5.26 Å². The van der Waals surface area contributed by atoms with Gasteiger partial charge in [0.1, 0.15) is 11.6 Å². The zero-order valence-electron chi connectivity index (χ0n) is 8.89. The van der Waals surface area contributed by atoms with Gasteiger partial charge in [-0.15, -0.1) is 0 Å². The molecule has 0 amide bonds. The summed E-state index contributed by atoms with van der Waals surface area (Å²) in [6.07, 6.45) is 4.89. The molecule has 0 radical (unpaired) electrons. The Bertz CT molecular complexity index is 480. The van der Waals surface area contributed by atoms with E-state index in [2.05, 4.69) is 11.9 Å². The van der Waals surface area contributed by atoms with E-state index in [1.54, 1.807) is 0 Å². The van der Waals surface area contributed by atoms with Crippen LogP contribution in [0.4, 0.5) is 0 Å². The van der Waals surface area contributed by atoms with Crippen molar-refractivity contribution in [2.24, 2.45) is 0 Å². The maximum Gasteiger partial charge on any atom is 0.266 e. The molecule has 78 valence electrons. The van der Waals surface area contributed by atoms with Gasteiger partial charge in [-0.1, -0.05) is 13.3 Å². The van der Waals surface area contributed by atoms with Gasteiger partial charge in [-0.3, -0.25) is 4.79 Å².